The van der Waals surface area contributed by atoms with E-state index in [1.54, 1.807) is 35.5 Å². The SMILES string of the molecule is CC(C)(C)c1ccc(C(C)(C)CO)cc1.CC(C)(C)c1ccc(C2CCN(C3COC3)CC2)cc1.COc1cc(C(C)(C)C)ccc1N1CCC(C)(O)CC1.COc1cc(C(C)(C)C)ccc1N1CCC(OC)CC1.COc1cc(C(C)(C)C)ccc1N1CCCC(C)(O)C1.COc1cc(C(C)(C)C)ccc1N1CCCC2(CNC(=O)O2)C1. The van der Waals surface area contributed by atoms with E-state index in [2.05, 4.69) is 290 Å². The number of aliphatic hydroxyl groups is 3. The molecular formula is C101H156N6O11. The summed E-state index contributed by atoms with van der Waals surface area (Å²) in [6, 6.07) is 44.5. The molecule has 1 amide bonds. The highest BCUT2D eigenvalue weighted by Gasteiger charge is 2.45. The number of aliphatic hydroxyl groups excluding tert-OH is 1. The number of rotatable bonds is 13. The average molecular weight is 1630 g/mol. The van der Waals surface area contributed by atoms with Gasteiger partial charge in [-0.3, -0.25) is 4.90 Å². The number of likely N-dealkylation sites (tertiary alicyclic amines) is 1. The maximum absolute atomic E-state index is 11.5. The number of carbonyl (C=O) groups excluding carboxylic acids is 1. The molecule has 0 bridgehead atoms. The number of nitrogens with one attached hydrogen (secondary N) is 1. The lowest BCUT2D eigenvalue weighted by Crippen LogP contribution is -2.51. The zero-order valence-corrected chi connectivity index (χ0v) is 78.1. The van der Waals surface area contributed by atoms with E-state index in [9.17, 15) is 20.1 Å². The lowest BCUT2D eigenvalue weighted by molar-refractivity contribution is -0.0712. The molecule has 2 atom stereocenters. The first-order valence-corrected chi connectivity index (χ1v) is 43.9. The first kappa shape index (κ1) is 96.2. The predicted molar refractivity (Wildman–Crippen MR) is 490 cm³/mol. The highest BCUT2D eigenvalue weighted by atomic mass is 16.6. The van der Waals surface area contributed by atoms with Crippen molar-refractivity contribution in [2.24, 2.45) is 0 Å². The van der Waals surface area contributed by atoms with Gasteiger partial charge in [0.05, 0.1) is 107 Å². The summed E-state index contributed by atoms with van der Waals surface area (Å²) >= 11 is 0. The van der Waals surface area contributed by atoms with Crippen molar-refractivity contribution in [3.63, 3.8) is 0 Å². The molecular weight excluding hydrogens is 1470 g/mol. The van der Waals surface area contributed by atoms with Gasteiger partial charge in [-0.15, -0.1) is 0 Å². The Bertz CT molecular complexity index is 4100. The van der Waals surface area contributed by atoms with Crippen LogP contribution in [0.4, 0.5) is 27.5 Å². The number of carbonyl (C=O) groups is 1. The third-order valence-electron chi connectivity index (χ3n) is 25.1. The molecule has 6 aromatic carbocycles. The van der Waals surface area contributed by atoms with Crippen molar-refractivity contribution in [3.8, 4) is 23.0 Å². The number of anilines is 4. The van der Waals surface area contributed by atoms with E-state index in [1.165, 1.54) is 76.1 Å². The van der Waals surface area contributed by atoms with Gasteiger partial charge in [0.15, 0.2) is 0 Å². The Hall–Kier alpha value is -7.25. The van der Waals surface area contributed by atoms with E-state index >= 15 is 0 Å². The highest BCUT2D eigenvalue weighted by Crippen LogP contribution is 2.43. The zero-order valence-electron chi connectivity index (χ0n) is 78.1. The third kappa shape index (κ3) is 26.9. The van der Waals surface area contributed by atoms with E-state index < -0.39 is 16.8 Å². The molecule has 4 N–H and O–H groups in total. The van der Waals surface area contributed by atoms with E-state index in [0.29, 0.717) is 31.8 Å². The van der Waals surface area contributed by atoms with Gasteiger partial charge in [-0.2, -0.15) is 0 Å². The largest absolute Gasteiger partial charge is 0.495 e. The topological polar surface area (TPSA) is 171 Å². The molecule has 17 nitrogen and oxygen atoms in total. The Morgan fingerprint density at radius 1 is 0.415 bits per heavy atom. The zero-order chi connectivity index (χ0) is 87.2. The van der Waals surface area contributed by atoms with Crippen molar-refractivity contribution in [2.75, 3.05) is 147 Å². The van der Waals surface area contributed by atoms with Crippen molar-refractivity contribution in [3.05, 3.63) is 166 Å². The Labute approximate surface area is 713 Å². The van der Waals surface area contributed by atoms with Gasteiger partial charge in [-0.05, 0) is 223 Å². The maximum Gasteiger partial charge on any atom is 0.407 e. The standard InChI is InChI=1S/C18H26N2O3.C18H27NO.3C17H27NO2.C14H22O/c1-17(2,3)13-6-7-14(15(10-13)22-4)20-9-5-8-18(12-20)11-19-16(21)23-18;1-18(2,3)16-6-4-14(5-7-16)15-8-10-19(11-9-15)17-12-20-13-17;1-16(2,3)13-7-8-14(15(11-13)20-5)18-10-6-9-17(4,19)12-18;1-17(2,3)13-6-7-15(16(12-13)20-5)18-10-8-14(19-4)9-11-18;1-16(2,3)13-6-7-14(15(12-13)20-5)18-10-8-17(4,19)9-11-18;1-13(2,3)11-6-8-12(9-7-11)14(4,5)10-15/h6-7,10H,5,8-9,11-12H2,1-4H3,(H,19,21);4-7,15,17H,8-13H2,1-3H3;7-8,11,19H,6,9-10,12H2,1-5H3;6-7,12,14H,8-11H2,1-5H3;6-7,12,19H,8-11H2,1-5H3;6-9,15H,10H2,1-5H3. The second-order valence-electron chi connectivity index (χ2n) is 41.7. The fourth-order valence-electron chi connectivity index (χ4n) is 16.4. The van der Waals surface area contributed by atoms with Gasteiger partial charge >= 0.3 is 6.09 Å². The number of piperidine rings is 5. The van der Waals surface area contributed by atoms with Crippen molar-refractivity contribution in [2.45, 2.75) is 289 Å². The van der Waals surface area contributed by atoms with Crippen molar-refractivity contribution >= 4 is 28.8 Å². The number of alkyl carbamates (subject to hydrolysis) is 1. The van der Waals surface area contributed by atoms with Gasteiger partial charge in [0.25, 0.3) is 0 Å². The molecule has 17 heteroatoms. The lowest BCUT2D eigenvalue weighted by Gasteiger charge is -2.41. The minimum absolute atomic E-state index is 0.0832. The molecule has 6 aromatic rings. The number of β-amino-alcohol motifs (C(OH)–C–C–N with tert-alkyl or cyclic N) is 1. The van der Waals surface area contributed by atoms with Crippen LogP contribution in [-0.4, -0.2) is 183 Å². The summed E-state index contributed by atoms with van der Waals surface area (Å²) in [4.78, 5) is 23.3. The molecule has 0 aromatic heterocycles. The van der Waals surface area contributed by atoms with E-state index in [0.717, 1.165) is 150 Å². The molecule has 118 heavy (non-hydrogen) atoms. The Morgan fingerprint density at radius 2 is 0.771 bits per heavy atom. The first-order valence-electron chi connectivity index (χ1n) is 43.9. The van der Waals surface area contributed by atoms with Crippen LogP contribution >= 0.6 is 0 Å². The molecule has 7 heterocycles. The van der Waals surface area contributed by atoms with Gasteiger partial charge in [0.2, 0.25) is 0 Å². The van der Waals surface area contributed by atoms with Crippen molar-refractivity contribution in [1.82, 2.24) is 10.2 Å². The number of amides is 1. The van der Waals surface area contributed by atoms with E-state index in [1.807, 2.05) is 13.8 Å². The van der Waals surface area contributed by atoms with E-state index in [-0.39, 0.29) is 50.6 Å². The van der Waals surface area contributed by atoms with Crippen LogP contribution in [0.5, 0.6) is 23.0 Å². The van der Waals surface area contributed by atoms with Gasteiger partial charge in [-0.1, -0.05) is 211 Å². The molecule has 0 radical (unpaired) electrons. The number of hydrogen-bond donors (Lipinski definition) is 4. The summed E-state index contributed by atoms with van der Waals surface area (Å²) in [6.45, 7) is 60.1. The predicted octanol–water partition coefficient (Wildman–Crippen LogP) is 20.2. The van der Waals surface area contributed by atoms with Crippen LogP contribution in [0.3, 0.4) is 0 Å². The summed E-state index contributed by atoms with van der Waals surface area (Å²) in [5.74, 6) is 4.44. The molecule has 0 saturated carbocycles. The molecule has 0 aliphatic carbocycles. The minimum Gasteiger partial charge on any atom is -0.495 e. The summed E-state index contributed by atoms with van der Waals surface area (Å²) in [7, 11) is 8.72. The quantitative estimate of drug-likeness (QED) is 0.0860. The van der Waals surface area contributed by atoms with Gasteiger partial charge in [0.1, 0.15) is 28.6 Å². The second-order valence-corrected chi connectivity index (χ2v) is 41.7. The van der Waals surface area contributed by atoms with Gasteiger partial charge in [-0.25, -0.2) is 4.79 Å². The average Bonchev–Trinajstić information content (AvgIpc) is 1.19. The second kappa shape index (κ2) is 40.2. The van der Waals surface area contributed by atoms with Crippen LogP contribution in [0.1, 0.15) is 267 Å². The molecule has 7 aliphatic heterocycles. The Kier molecular flexibility index (Phi) is 32.8. The van der Waals surface area contributed by atoms with Crippen molar-refractivity contribution in [1.29, 1.82) is 0 Å². The van der Waals surface area contributed by atoms with Crippen LogP contribution in [0, 0.1) is 0 Å². The molecule has 7 saturated heterocycles. The van der Waals surface area contributed by atoms with Crippen LogP contribution in [0.15, 0.2) is 121 Å². The molecule has 7 aliphatic rings. The van der Waals surface area contributed by atoms with E-state index in [4.69, 9.17) is 33.2 Å². The molecule has 1 spiro atoms. The lowest BCUT2D eigenvalue weighted by atomic mass is 9.82. The van der Waals surface area contributed by atoms with Gasteiger partial charge < -0.3 is 73.4 Å². The molecule has 13 rings (SSSR count). The number of benzene rings is 6. The fraction of sp³-hybridized carbons (Fsp3) is 0.634. The van der Waals surface area contributed by atoms with Crippen molar-refractivity contribution < 1.29 is 53.3 Å². The third-order valence-corrected chi connectivity index (χ3v) is 25.1. The normalized spacial score (nSPS) is 20.5. The molecule has 7 fully saturated rings. The fourth-order valence-corrected chi connectivity index (χ4v) is 16.4. The molecule has 656 valence electrons. The summed E-state index contributed by atoms with van der Waals surface area (Å²) in [5, 5.41) is 32.4. The summed E-state index contributed by atoms with van der Waals surface area (Å²) in [6.07, 6.45) is 10.3. The van der Waals surface area contributed by atoms with Crippen LogP contribution in [0.2, 0.25) is 0 Å². The summed E-state index contributed by atoms with van der Waals surface area (Å²) in [5.41, 5.74) is 14.3. The number of methoxy groups -OCH3 is 5. The summed E-state index contributed by atoms with van der Waals surface area (Å²) < 4.78 is 38.7. The maximum atomic E-state index is 11.5. The number of ether oxygens (including phenoxy) is 7. The van der Waals surface area contributed by atoms with Crippen LogP contribution in [-0.2, 0) is 52.1 Å². The number of hydrogen-bond acceptors (Lipinski definition) is 16. The minimum atomic E-state index is -0.605. The Morgan fingerprint density at radius 3 is 1.11 bits per heavy atom. The first-order chi connectivity index (χ1) is 55.0. The van der Waals surface area contributed by atoms with Crippen LogP contribution in [0.25, 0.3) is 0 Å². The Balaban J connectivity index is 0.000000177. The smallest absolute Gasteiger partial charge is 0.407 e. The number of nitrogens with zero attached hydrogens (tertiary/aromatic N) is 5. The van der Waals surface area contributed by atoms with Crippen LogP contribution < -0.4 is 43.9 Å². The highest BCUT2D eigenvalue weighted by molar-refractivity contribution is 5.71. The molecule has 2 unspecified atom stereocenters. The monoisotopic (exact) mass is 1630 g/mol. The van der Waals surface area contributed by atoms with Gasteiger partial charge in [0, 0.05) is 58.3 Å².